The molecule has 5 rings (SSSR count). The highest BCUT2D eigenvalue weighted by Gasteiger charge is 2.54. The minimum absolute atomic E-state index is 0.0522. The molecular formula is C30H31BrN6O5. The third kappa shape index (κ3) is 6.59. The van der Waals surface area contributed by atoms with Gasteiger partial charge in [0.1, 0.15) is 5.75 Å². The molecule has 42 heavy (non-hydrogen) atoms. The molecule has 1 saturated heterocycles. The second kappa shape index (κ2) is 13.8. The lowest BCUT2D eigenvalue weighted by molar-refractivity contribution is -0.136. The number of ether oxygens (including phenoxy) is 3. The minimum Gasteiger partial charge on any atom is -0.494 e. The number of amides is 1. The van der Waals surface area contributed by atoms with Crippen LogP contribution in [0.3, 0.4) is 0 Å². The van der Waals surface area contributed by atoms with Crippen LogP contribution < -0.4 is 10.2 Å². The van der Waals surface area contributed by atoms with E-state index in [-0.39, 0.29) is 18.9 Å². The summed E-state index contributed by atoms with van der Waals surface area (Å²) in [5, 5.41) is 14.8. The molecule has 0 aliphatic carbocycles. The zero-order valence-corrected chi connectivity index (χ0v) is 24.4. The molecule has 2 aliphatic heterocycles. The third-order valence-electron chi connectivity index (χ3n) is 7.09. The van der Waals surface area contributed by atoms with Gasteiger partial charge in [0, 0.05) is 58.7 Å². The number of nitrogens with one attached hydrogen (secondary N) is 1. The number of nitrogens with zero attached hydrogens (tertiary/aromatic N) is 5. The van der Waals surface area contributed by atoms with Gasteiger partial charge in [-0.05, 0) is 41.4 Å². The van der Waals surface area contributed by atoms with Crippen molar-refractivity contribution >= 4 is 33.4 Å². The fourth-order valence-corrected chi connectivity index (χ4v) is 5.45. The van der Waals surface area contributed by atoms with Gasteiger partial charge in [-0.25, -0.2) is 10.0 Å². The Balaban J connectivity index is 1.60. The molecule has 3 aromatic rings. The van der Waals surface area contributed by atoms with Crippen LogP contribution in [0.2, 0.25) is 0 Å². The number of carbonyl (C=O) groups is 1. The van der Waals surface area contributed by atoms with E-state index in [1.54, 1.807) is 24.3 Å². The van der Waals surface area contributed by atoms with Crippen molar-refractivity contribution in [3.63, 3.8) is 0 Å². The standard InChI is InChI=1S/C30H31BrN6O5/c31-25-8-3-2-7-24(25)27-30(29(39)35-37-14-18-40-19-15-37,20-22-6-1-4-9-26(22)34-36-32)33-28(42-27)21-10-12-23(13-11-21)41-17-5-16-38/h1-4,6-13,27,38H,5,14-20H2,(H,35,39)/t27-,30-/m0/s1. The van der Waals surface area contributed by atoms with Crippen LogP contribution in [0.1, 0.15) is 29.2 Å². The molecule has 0 saturated carbocycles. The molecule has 218 valence electrons. The summed E-state index contributed by atoms with van der Waals surface area (Å²) in [4.78, 5) is 22.5. The number of morpholine rings is 1. The molecule has 3 aromatic carbocycles. The largest absolute Gasteiger partial charge is 0.494 e. The van der Waals surface area contributed by atoms with Crippen molar-refractivity contribution in [2.75, 3.05) is 39.5 Å². The molecule has 2 aliphatic rings. The van der Waals surface area contributed by atoms with Crippen LogP contribution in [0, 0.1) is 0 Å². The van der Waals surface area contributed by atoms with Crippen LogP contribution in [0.4, 0.5) is 5.69 Å². The van der Waals surface area contributed by atoms with E-state index < -0.39 is 11.6 Å². The Kier molecular flexibility index (Phi) is 9.73. The molecule has 1 amide bonds. The summed E-state index contributed by atoms with van der Waals surface area (Å²) in [5.41, 5.74) is 13.3. The van der Waals surface area contributed by atoms with E-state index in [9.17, 15) is 10.3 Å². The normalized spacial score (nSPS) is 20.2. The number of rotatable bonds is 11. The lowest BCUT2D eigenvalue weighted by atomic mass is 9.81. The molecule has 0 spiro atoms. The average molecular weight is 636 g/mol. The first-order valence-electron chi connectivity index (χ1n) is 13.7. The number of carbonyl (C=O) groups excluding carboxylic acids is 1. The summed E-state index contributed by atoms with van der Waals surface area (Å²) < 4.78 is 18.5. The van der Waals surface area contributed by atoms with E-state index >= 15 is 0 Å². The predicted molar refractivity (Wildman–Crippen MR) is 160 cm³/mol. The van der Waals surface area contributed by atoms with Crippen LogP contribution >= 0.6 is 15.9 Å². The van der Waals surface area contributed by atoms with Gasteiger partial charge in [0.05, 0.1) is 19.8 Å². The molecule has 12 heteroatoms. The Morgan fingerprint density at radius 3 is 2.62 bits per heavy atom. The molecule has 0 aromatic heterocycles. The predicted octanol–water partition coefficient (Wildman–Crippen LogP) is 5.02. The fourth-order valence-electron chi connectivity index (χ4n) is 4.96. The molecule has 0 bridgehead atoms. The summed E-state index contributed by atoms with van der Waals surface area (Å²) in [6.07, 6.45) is -0.178. The average Bonchev–Trinajstić information content (AvgIpc) is 3.40. The number of aliphatic hydroxyl groups excluding tert-OH is 1. The lowest BCUT2D eigenvalue weighted by Crippen LogP contribution is -2.57. The van der Waals surface area contributed by atoms with Crippen LogP contribution in [0.25, 0.3) is 10.4 Å². The maximum absolute atomic E-state index is 14.4. The van der Waals surface area contributed by atoms with Gasteiger partial charge in [-0.15, -0.1) is 0 Å². The SMILES string of the molecule is [N-]=[N+]=Nc1ccccc1C[C@]1(C(=O)NN2CCOCC2)N=C(c2ccc(OCCCO)cc2)O[C@H]1c1ccccc1Br. The Hall–Kier alpha value is -3.93. The van der Waals surface area contributed by atoms with Crippen molar-refractivity contribution in [1.29, 1.82) is 0 Å². The molecule has 11 nitrogen and oxygen atoms in total. The molecular weight excluding hydrogens is 604 g/mol. The molecule has 2 heterocycles. The molecule has 0 unspecified atom stereocenters. The Morgan fingerprint density at radius 1 is 1.14 bits per heavy atom. The highest BCUT2D eigenvalue weighted by molar-refractivity contribution is 9.10. The zero-order chi connectivity index (χ0) is 29.4. The number of halogens is 1. The van der Waals surface area contributed by atoms with Gasteiger partial charge in [-0.1, -0.05) is 63.5 Å². The van der Waals surface area contributed by atoms with Crippen LogP contribution in [0.5, 0.6) is 5.75 Å². The van der Waals surface area contributed by atoms with Crippen molar-refractivity contribution in [2.45, 2.75) is 24.5 Å². The number of benzene rings is 3. The fraction of sp³-hybridized carbons (Fsp3) is 0.333. The van der Waals surface area contributed by atoms with Gasteiger partial charge in [0.2, 0.25) is 5.90 Å². The second-order valence-electron chi connectivity index (χ2n) is 9.85. The summed E-state index contributed by atoms with van der Waals surface area (Å²) in [7, 11) is 0. The number of azide groups is 1. The minimum atomic E-state index is -1.46. The first-order chi connectivity index (χ1) is 20.5. The van der Waals surface area contributed by atoms with E-state index in [1.807, 2.05) is 53.5 Å². The van der Waals surface area contributed by atoms with E-state index in [4.69, 9.17) is 24.3 Å². The zero-order valence-electron chi connectivity index (χ0n) is 22.9. The van der Waals surface area contributed by atoms with E-state index in [1.165, 1.54) is 0 Å². The monoisotopic (exact) mass is 634 g/mol. The maximum atomic E-state index is 14.4. The second-order valence-corrected chi connectivity index (χ2v) is 10.7. The van der Waals surface area contributed by atoms with Crippen LogP contribution in [0.15, 0.2) is 87.4 Å². The van der Waals surface area contributed by atoms with Gasteiger partial charge in [-0.3, -0.25) is 10.2 Å². The quantitative estimate of drug-likeness (QED) is 0.131. The highest BCUT2D eigenvalue weighted by Crippen LogP contribution is 2.45. The number of aliphatic hydroxyl groups is 1. The Bertz CT molecular complexity index is 1470. The summed E-state index contributed by atoms with van der Waals surface area (Å²) >= 11 is 3.66. The Labute approximate surface area is 251 Å². The van der Waals surface area contributed by atoms with E-state index in [0.717, 1.165) is 10.0 Å². The smallest absolute Gasteiger partial charge is 0.266 e. The molecule has 0 radical (unpaired) electrons. The maximum Gasteiger partial charge on any atom is 0.266 e. The van der Waals surface area contributed by atoms with Crippen molar-refractivity contribution in [2.24, 2.45) is 10.1 Å². The van der Waals surface area contributed by atoms with E-state index in [0.29, 0.717) is 67.8 Å². The van der Waals surface area contributed by atoms with Gasteiger partial charge in [0.25, 0.3) is 5.91 Å². The first-order valence-corrected chi connectivity index (χ1v) is 14.4. The number of hydrazine groups is 1. The van der Waals surface area contributed by atoms with Crippen molar-refractivity contribution in [3.05, 3.63) is 104 Å². The van der Waals surface area contributed by atoms with Crippen molar-refractivity contribution in [1.82, 2.24) is 10.4 Å². The Morgan fingerprint density at radius 2 is 1.88 bits per heavy atom. The molecule has 1 fully saturated rings. The van der Waals surface area contributed by atoms with Crippen molar-refractivity contribution in [3.8, 4) is 5.75 Å². The van der Waals surface area contributed by atoms with Gasteiger partial charge in [-0.2, -0.15) is 0 Å². The number of aliphatic imine (C=N–C) groups is 1. The highest BCUT2D eigenvalue weighted by atomic mass is 79.9. The number of hydrogen-bond donors (Lipinski definition) is 2. The topological polar surface area (TPSA) is 141 Å². The molecule has 2 atom stereocenters. The van der Waals surface area contributed by atoms with Crippen LogP contribution in [-0.2, 0) is 20.7 Å². The van der Waals surface area contributed by atoms with Gasteiger partial charge >= 0.3 is 0 Å². The lowest BCUT2D eigenvalue weighted by Gasteiger charge is -2.35. The van der Waals surface area contributed by atoms with Gasteiger partial charge in [0.15, 0.2) is 11.6 Å². The summed E-state index contributed by atoms with van der Waals surface area (Å²) in [6, 6.07) is 22.0. The third-order valence-corrected chi connectivity index (χ3v) is 7.81. The summed E-state index contributed by atoms with van der Waals surface area (Å²) in [6.45, 7) is 2.51. The first kappa shape index (κ1) is 29.6. The van der Waals surface area contributed by atoms with Crippen LogP contribution in [-0.4, -0.2) is 67.0 Å². The van der Waals surface area contributed by atoms with E-state index in [2.05, 4.69) is 31.4 Å². The summed E-state index contributed by atoms with van der Waals surface area (Å²) in [5.74, 6) is 0.601. The number of hydrogen-bond acceptors (Lipinski definition) is 8. The van der Waals surface area contributed by atoms with Gasteiger partial charge < -0.3 is 19.3 Å². The van der Waals surface area contributed by atoms with Crippen molar-refractivity contribution < 1.29 is 24.1 Å². The molecule has 2 N–H and O–H groups in total.